The molecule has 1 aliphatic carbocycles. The van der Waals surface area contributed by atoms with E-state index in [1.807, 2.05) is 12.3 Å². The van der Waals surface area contributed by atoms with Crippen LogP contribution in [0.25, 0.3) is 5.52 Å². The number of carbonyl (C=O) groups is 1. The van der Waals surface area contributed by atoms with Gasteiger partial charge < -0.3 is 12.4 Å². The van der Waals surface area contributed by atoms with Crippen LogP contribution in [0.3, 0.4) is 0 Å². The summed E-state index contributed by atoms with van der Waals surface area (Å²) >= 11 is 3.63. The number of aliphatic hydroxyl groups is 1. The predicted octanol–water partition coefficient (Wildman–Crippen LogP) is -0.813. The molecule has 120 valence electrons. The average molecular weight is 454 g/mol. The Morgan fingerprint density at radius 1 is 1.36 bits per heavy atom. The number of pyridine rings is 1. The first-order valence-corrected chi connectivity index (χ1v) is 9.42. The zero-order valence-corrected chi connectivity index (χ0v) is 16.2. The summed E-state index contributed by atoms with van der Waals surface area (Å²) in [6.45, 7) is 0. The molecule has 0 atom stereocenters. The molecule has 2 aromatic heterocycles. The number of fused-ring (bicyclic) bond motifs is 1. The molecule has 4 nitrogen and oxygen atoms in total. The first-order valence-electron chi connectivity index (χ1n) is 7.00. The van der Waals surface area contributed by atoms with Crippen LogP contribution >= 0.6 is 15.9 Å². The van der Waals surface area contributed by atoms with Gasteiger partial charge in [-0.2, -0.15) is 0 Å². The number of rotatable bonds is 2. The second-order valence-electron chi connectivity index (χ2n) is 5.45. The van der Waals surface area contributed by atoms with E-state index in [1.54, 1.807) is 6.07 Å². The SMILES string of the molecule is COC(=O)c1ccc2c(Br)c(C3(O)CCCCC3)[se][n+]2c1.[Cl-]. The fourth-order valence-electron chi connectivity index (χ4n) is 2.87. The topological polar surface area (TPSA) is 50.6 Å². The third-order valence-corrected chi connectivity index (χ3v) is 8.10. The third kappa shape index (κ3) is 3.13. The zero-order valence-electron chi connectivity index (χ0n) is 12.1. The van der Waals surface area contributed by atoms with Gasteiger partial charge >= 0.3 is 138 Å². The van der Waals surface area contributed by atoms with Crippen molar-refractivity contribution >= 4 is 42.1 Å². The first kappa shape index (κ1) is 18.0. The summed E-state index contributed by atoms with van der Waals surface area (Å²) in [6, 6.07) is 3.68. The van der Waals surface area contributed by atoms with Crippen molar-refractivity contribution in [3.63, 3.8) is 0 Å². The Labute approximate surface area is 150 Å². The molecule has 1 aliphatic rings. The second-order valence-corrected chi connectivity index (χ2v) is 8.30. The van der Waals surface area contributed by atoms with E-state index >= 15 is 0 Å². The zero-order chi connectivity index (χ0) is 15.0. The molecule has 1 N–H and O–H groups in total. The maximum absolute atomic E-state index is 11.6. The Kier molecular flexibility index (Phi) is 5.73. The summed E-state index contributed by atoms with van der Waals surface area (Å²) in [7, 11) is 1.38. The van der Waals surface area contributed by atoms with Crippen LogP contribution in [0.15, 0.2) is 22.8 Å². The minimum Gasteiger partial charge on any atom is -1.00 e. The fraction of sp³-hybridized carbons (Fsp3) is 0.467. The Bertz CT molecular complexity index is 697. The van der Waals surface area contributed by atoms with Crippen molar-refractivity contribution in [2.24, 2.45) is 0 Å². The van der Waals surface area contributed by atoms with Crippen LogP contribution in [0.1, 0.15) is 46.9 Å². The molecule has 0 spiro atoms. The van der Waals surface area contributed by atoms with E-state index in [0.717, 1.165) is 40.1 Å². The molecule has 7 heteroatoms. The number of ether oxygens (including phenoxy) is 1. The van der Waals surface area contributed by atoms with E-state index in [1.165, 1.54) is 13.5 Å². The maximum atomic E-state index is 11.6. The van der Waals surface area contributed by atoms with E-state index in [-0.39, 0.29) is 33.1 Å². The number of nitrogens with zero attached hydrogens (tertiary/aromatic N) is 1. The molecule has 0 radical (unpaired) electrons. The molecule has 0 saturated heterocycles. The molecular formula is C15H17BrClNO3Se. The monoisotopic (exact) mass is 453 g/mol. The molecule has 2 heterocycles. The van der Waals surface area contributed by atoms with Crippen LogP contribution in [0.2, 0.25) is 0 Å². The van der Waals surface area contributed by atoms with Gasteiger partial charge in [-0.1, -0.05) is 0 Å². The minimum absolute atomic E-state index is 0. The van der Waals surface area contributed by atoms with Crippen molar-refractivity contribution in [3.05, 3.63) is 32.8 Å². The van der Waals surface area contributed by atoms with Gasteiger partial charge in [0.25, 0.3) is 0 Å². The molecule has 3 rings (SSSR count). The molecule has 22 heavy (non-hydrogen) atoms. The van der Waals surface area contributed by atoms with Gasteiger partial charge in [0.05, 0.1) is 0 Å². The van der Waals surface area contributed by atoms with Gasteiger partial charge in [0, 0.05) is 0 Å². The summed E-state index contributed by atoms with van der Waals surface area (Å²) in [5.41, 5.74) is 0.881. The van der Waals surface area contributed by atoms with Crippen molar-refractivity contribution in [2.45, 2.75) is 37.7 Å². The Balaban J connectivity index is 0.00000176. The number of halogens is 2. The van der Waals surface area contributed by atoms with Crippen LogP contribution in [0.5, 0.6) is 0 Å². The summed E-state index contributed by atoms with van der Waals surface area (Å²) in [4.78, 5) is 11.6. The number of hydrogen-bond donors (Lipinski definition) is 1. The van der Waals surface area contributed by atoms with Crippen molar-refractivity contribution in [1.82, 2.24) is 0 Å². The maximum Gasteiger partial charge on any atom is -1.00 e. The molecule has 0 aromatic carbocycles. The van der Waals surface area contributed by atoms with Crippen molar-refractivity contribution in [1.29, 1.82) is 0 Å². The van der Waals surface area contributed by atoms with Crippen LogP contribution in [0.4, 0.5) is 0 Å². The van der Waals surface area contributed by atoms with Gasteiger partial charge in [-0.3, -0.25) is 0 Å². The normalized spacial score (nSPS) is 17.0. The van der Waals surface area contributed by atoms with E-state index in [4.69, 9.17) is 4.74 Å². The quantitative estimate of drug-likeness (QED) is 0.478. The van der Waals surface area contributed by atoms with E-state index < -0.39 is 5.60 Å². The Morgan fingerprint density at radius 3 is 2.68 bits per heavy atom. The van der Waals surface area contributed by atoms with Gasteiger partial charge in [-0.15, -0.1) is 0 Å². The number of methoxy groups -OCH3 is 1. The molecule has 1 saturated carbocycles. The summed E-state index contributed by atoms with van der Waals surface area (Å²) < 4.78 is 8.91. The predicted molar refractivity (Wildman–Crippen MR) is 82.6 cm³/mol. The van der Waals surface area contributed by atoms with Crippen molar-refractivity contribution < 1.29 is 30.4 Å². The van der Waals surface area contributed by atoms with Gasteiger partial charge in [-0.05, 0) is 0 Å². The largest absolute Gasteiger partial charge is 1.00 e. The number of esters is 1. The Hall–Kier alpha value is -0.391. The summed E-state index contributed by atoms with van der Waals surface area (Å²) in [6.07, 6.45) is 6.83. The smallest absolute Gasteiger partial charge is 1.00 e. The molecule has 2 aromatic rings. The second kappa shape index (κ2) is 7.02. The van der Waals surface area contributed by atoms with E-state index in [0.29, 0.717) is 5.56 Å². The molecule has 1 fully saturated rings. The molecular weight excluding hydrogens is 436 g/mol. The number of hydrogen-bond acceptors (Lipinski definition) is 3. The van der Waals surface area contributed by atoms with Crippen LogP contribution in [-0.4, -0.2) is 32.9 Å². The minimum atomic E-state index is -0.686. The summed E-state index contributed by atoms with van der Waals surface area (Å²) in [5.74, 6) is -0.331. The van der Waals surface area contributed by atoms with Gasteiger partial charge in [-0.25, -0.2) is 0 Å². The van der Waals surface area contributed by atoms with Crippen LogP contribution in [-0.2, 0) is 10.3 Å². The number of aromatic nitrogens is 1. The number of carbonyl (C=O) groups excluding carboxylic acids is 1. The standard InChI is InChI=1S/C15H17BrNO3Se.ClH/c1-20-14(18)10-5-6-11-12(16)13(21-17(11)9-10)15(19)7-3-2-4-8-15;/h5-6,9,19H,2-4,7-8H2,1H3;1H/q+1;/p-1. The molecule has 0 unspecified atom stereocenters. The van der Waals surface area contributed by atoms with E-state index in [2.05, 4.69) is 19.3 Å². The third-order valence-electron chi connectivity index (χ3n) is 4.05. The van der Waals surface area contributed by atoms with Crippen molar-refractivity contribution in [2.75, 3.05) is 7.11 Å². The van der Waals surface area contributed by atoms with Crippen LogP contribution < -0.4 is 15.8 Å². The summed E-state index contributed by atoms with van der Waals surface area (Å²) in [5, 5.41) is 11.0. The van der Waals surface area contributed by atoms with Crippen molar-refractivity contribution in [3.8, 4) is 0 Å². The van der Waals surface area contributed by atoms with E-state index in [9.17, 15) is 9.90 Å². The molecule has 0 bridgehead atoms. The Morgan fingerprint density at radius 2 is 2.05 bits per heavy atom. The van der Waals surface area contributed by atoms with Gasteiger partial charge in [0.15, 0.2) is 0 Å². The first-order chi connectivity index (χ1) is 10.0. The van der Waals surface area contributed by atoms with Gasteiger partial charge in [0.2, 0.25) is 0 Å². The van der Waals surface area contributed by atoms with Gasteiger partial charge in [0.1, 0.15) is 0 Å². The molecule has 0 amide bonds. The van der Waals surface area contributed by atoms with Crippen LogP contribution in [0, 0.1) is 0 Å². The average Bonchev–Trinajstić information content (AvgIpc) is 2.84. The fourth-order valence-corrected chi connectivity index (χ4v) is 6.66. The molecule has 0 aliphatic heterocycles.